The molecule has 3 atom stereocenters. The van der Waals surface area contributed by atoms with Gasteiger partial charge in [-0.25, -0.2) is 0 Å². The van der Waals surface area contributed by atoms with Crippen molar-refractivity contribution < 1.29 is 15.3 Å². The molecule has 1 heterocycles. The topological polar surface area (TPSA) is 87.7 Å². The SMILES string of the molecule is N#CCCCCN1C[C@@H](CO)[C@H](O)[C@@H](O)C1. The van der Waals surface area contributed by atoms with E-state index >= 15 is 0 Å². The lowest BCUT2D eigenvalue weighted by Crippen LogP contribution is -2.53. The highest BCUT2D eigenvalue weighted by atomic mass is 16.3. The molecule has 1 rings (SSSR count). The number of unbranched alkanes of at least 4 members (excludes halogenated alkanes) is 2. The van der Waals surface area contributed by atoms with Crippen molar-refractivity contribution in [3.8, 4) is 6.07 Å². The predicted molar refractivity (Wildman–Crippen MR) is 58.5 cm³/mol. The van der Waals surface area contributed by atoms with Gasteiger partial charge in [0, 0.05) is 32.0 Å². The van der Waals surface area contributed by atoms with Crippen molar-refractivity contribution in [2.24, 2.45) is 5.92 Å². The van der Waals surface area contributed by atoms with E-state index in [2.05, 4.69) is 6.07 Å². The van der Waals surface area contributed by atoms with Crippen LogP contribution in [0, 0.1) is 17.2 Å². The molecule has 92 valence electrons. The standard InChI is InChI=1S/C11H20N2O3/c12-4-2-1-3-5-13-6-9(8-14)11(16)10(15)7-13/h9-11,14-16H,1-3,5-8H2/t9-,10-,11-/m0/s1. The van der Waals surface area contributed by atoms with Gasteiger partial charge < -0.3 is 20.2 Å². The number of nitriles is 1. The van der Waals surface area contributed by atoms with Gasteiger partial charge in [-0.2, -0.15) is 5.26 Å². The quantitative estimate of drug-likeness (QED) is 0.543. The summed E-state index contributed by atoms with van der Waals surface area (Å²) >= 11 is 0. The molecule has 0 saturated carbocycles. The average Bonchev–Trinajstić information content (AvgIpc) is 2.29. The number of hydrogen-bond donors (Lipinski definition) is 3. The van der Waals surface area contributed by atoms with Gasteiger partial charge in [0.15, 0.2) is 0 Å². The van der Waals surface area contributed by atoms with E-state index in [0.29, 0.717) is 19.5 Å². The van der Waals surface area contributed by atoms with Crippen molar-refractivity contribution >= 4 is 0 Å². The highest BCUT2D eigenvalue weighted by Gasteiger charge is 2.33. The second-order valence-corrected chi connectivity index (χ2v) is 4.38. The molecule has 1 saturated heterocycles. The Morgan fingerprint density at radius 3 is 2.62 bits per heavy atom. The molecular formula is C11H20N2O3. The first-order valence-electron chi connectivity index (χ1n) is 5.75. The molecule has 3 N–H and O–H groups in total. The van der Waals surface area contributed by atoms with E-state index in [4.69, 9.17) is 10.4 Å². The second kappa shape index (κ2) is 6.81. The Kier molecular flexibility index (Phi) is 5.71. The smallest absolute Gasteiger partial charge is 0.0929 e. The highest BCUT2D eigenvalue weighted by Crippen LogP contribution is 2.17. The van der Waals surface area contributed by atoms with E-state index in [9.17, 15) is 10.2 Å². The summed E-state index contributed by atoms with van der Waals surface area (Å²) in [5, 5.41) is 36.6. The minimum absolute atomic E-state index is 0.104. The molecule has 1 aliphatic rings. The van der Waals surface area contributed by atoms with Crippen LogP contribution in [0.2, 0.25) is 0 Å². The van der Waals surface area contributed by atoms with Crippen molar-refractivity contribution in [3.05, 3.63) is 0 Å². The third-order valence-electron chi connectivity index (χ3n) is 3.06. The van der Waals surface area contributed by atoms with Crippen molar-refractivity contribution in [3.63, 3.8) is 0 Å². The van der Waals surface area contributed by atoms with Gasteiger partial charge in [-0.1, -0.05) is 0 Å². The van der Waals surface area contributed by atoms with Crippen LogP contribution in [-0.2, 0) is 0 Å². The number of piperidine rings is 1. The first-order valence-corrected chi connectivity index (χ1v) is 5.75. The molecule has 0 bridgehead atoms. The monoisotopic (exact) mass is 228 g/mol. The van der Waals surface area contributed by atoms with Crippen LogP contribution in [0.5, 0.6) is 0 Å². The number of aliphatic hydroxyl groups is 3. The summed E-state index contributed by atoms with van der Waals surface area (Å²) in [5.41, 5.74) is 0. The van der Waals surface area contributed by atoms with Gasteiger partial charge in [0.05, 0.1) is 18.3 Å². The van der Waals surface area contributed by atoms with Gasteiger partial charge in [-0.3, -0.25) is 0 Å². The lowest BCUT2D eigenvalue weighted by Gasteiger charge is -2.38. The normalized spacial score (nSPS) is 31.2. The third-order valence-corrected chi connectivity index (χ3v) is 3.06. The molecule has 1 aliphatic heterocycles. The van der Waals surface area contributed by atoms with Gasteiger partial charge in [0.25, 0.3) is 0 Å². The molecular weight excluding hydrogens is 208 g/mol. The van der Waals surface area contributed by atoms with Crippen molar-refractivity contribution in [1.82, 2.24) is 4.90 Å². The van der Waals surface area contributed by atoms with E-state index in [-0.39, 0.29) is 12.5 Å². The van der Waals surface area contributed by atoms with Gasteiger partial charge in [-0.15, -0.1) is 0 Å². The lowest BCUT2D eigenvalue weighted by atomic mass is 9.93. The summed E-state index contributed by atoms with van der Waals surface area (Å²) in [5.74, 6) is -0.264. The van der Waals surface area contributed by atoms with E-state index in [1.54, 1.807) is 0 Å². The Bertz CT molecular complexity index is 242. The summed E-state index contributed by atoms with van der Waals surface area (Å²) in [7, 11) is 0. The molecule has 16 heavy (non-hydrogen) atoms. The summed E-state index contributed by atoms with van der Waals surface area (Å²) in [6.45, 7) is 1.76. The summed E-state index contributed by atoms with van der Waals surface area (Å²) in [6.07, 6.45) is 0.731. The molecule has 0 aromatic carbocycles. The molecule has 0 radical (unpaired) electrons. The van der Waals surface area contributed by atoms with Crippen molar-refractivity contribution in [1.29, 1.82) is 5.26 Å². The van der Waals surface area contributed by atoms with Crippen LogP contribution in [0.1, 0.15) is 19.3 Å². The number of aliphatic hydroxyl groups excluding tert-OH is 3. The number of likely N-dealkylation sites (tertiary alicyclic amines) is 1. The lowest BCUT2D eigenvalue weighted by molar-refractivity contribution is -0.0861. The maximum atomic E-state index is 9.60. The molecule has 0 aliphatic carbocycles. The van der Waals surface area contributed by atoms with Gasteiger partial charge >= 0.3 is 0 Å². The Hall–Kier alpha value is -0.670. The number of β-amino-alcohol motifs (C(OH)–C–C–N with tert-alkyl or cyclic N) is 1. The Labute approximate surface area is 95.9 Å². The fourth-order valence-corrected chi connectivity index (χ4v) is 2.09. The molecule has 0 unspecified atom stereocenters. The van der Waals surface area contributed by atoms with Crippen LogP contribution >= 0.6 is 0 Å². The van der Waals surface area contributed by atoms with E-state index in [1.165, 1.54) is 0 Å². The fourth-order valence-electron chi connectivity index (χ4n) is 2.09. The Morgan fingerprint density at radius 2 is 2.00 bits per heavy atom. The van der Waals surface area contributed by atoms with Gasteiger partial charge in [-0.05, 0) is 19.4 Å². The van der Waals surface area contributed by atoms with Crippen LogP contribution in [-0.4, -0.2) is 58.7 Å². The van der Waals surface area contributed by atoms with Crippen LogP contribution in [0.3, 0.4) is 0 Å². The molecule has 0 amide bonds. The van der Waals surface area contributed by atoms with Crippen molar-refractivity contribution in [2.75, 3.05) is 26.2 Å². The van der Waals surface area contributed by atoms with E-state index in [0.717, 1.165) is 19.4 Å². The van der Waals surface area contributed by atoms with Gasteiger partial charge in [0.1, 0.15) is 0 Å². The molecule has 0 spiro atoms. The Balaban J connectivity index is 2.30. The van der Waals surface area contributed by atoms with Crippen LogP contribution < -0.4 is 0 Å². The van der Waals surface area contributed by atoms with Crippen molar-refractivity contribution in [2.45, 2.75) is 31.5 Å². The summed E-state index contributed by atoms with van der Waals surface area (Å²) < 4.78 is 0. The molecule has 5 heteroatoms. The number of nitrogens with zero attached hydrogens (tertiary/aromatic N) is 2. The third kappa shape index (κ3) is 3.72. The van der Waals surface area contributed by atoms with Crippen LogP contribution in [0.4, 0.5) is 0 Å². The zero-order chi connectivity index (χ0) is 12.0. The molecule has 5 nitrogen and oxygen atoms in total. The van der Waals surface area contributed by atoms with E-state index < -0.39 is 12.2 Å². The van der Waals surface area contributed by atoms with E-state index in [1.807, 2.05) is 4.90 Å². The minimum Gasteiger partial charge on any atom is -0.396 e. The fraction of sp³-hybridized carbons (Fsp3) is 0.909. The maximum absolute atomic E-state index is 9.60. The van der Waals surface area contributed by atoms with Crippen LogP contribution in [0.25, 0.3) is 0 Å². The maximum Gasteiger partial charge on any atom is 0.0929 e. The minimum atomic E-state index is -0.819. The van der Waals surface area contributed by atoms with Gasteiger partial charge in [0.2, 0.25) is 0 Å². The number of rotatable bonds is 5. The zero-order valence-electron chi connectivity index (χ0n) is 9.42. The molecule has 0 aromatic rings. The largest absolute Gasteiger partial charge is 0.396 e. The molecule has 0 aromatic heterocycles. The van der Waals surface area contributed by atoms with Crippen LogP contribution in [0.15, 0.2) is 0 Å². The predicted octanol–water partition coefficient (Wildman–Crippen LogP) is -0.674. The number of hydrogen-bond acceptors (Lipinski definition) is 5. The summed E-state index contributed by atoms with van der Waals surface area (Å²) in [6, 6.07) is 2.09. The molecule has 1 fully saturated rings. The first-order chi connectivity index (χ1) is 7.69. The average molecular weight is 228 g/mol. The highest BCUT2D eigenvalue weighted by molar-refractivity contribution is 4.86. The summed E-state index contributed by atoms with van der Waals surface area (Å²) in [4.78, 5) is 2.04. The zero-order valence-corrected chi connectivity index (χ0v) is 9.42. The second-order valence-electron chi connectivity index (χ2n) is 4.38. The first kappa shape index (κ1) is 13.4. The Morgan fingerprint density at radius 1 is 1.25 bits per heavy atom.